The third-order valence-electron chi connectivity index (χ3n) is 4.25. The summed E-state index contributed by atoms with van der Waals surface area (Å²) < 4.78 is 14.9. The van der Waals surface area contributed by atoms with Gasteiger partial charge in [-0.3, -0.25) is 4.79 Å². The van der Waals surface area contributed by atoms with Gasteiger partial charge >= 0.3 is 0 Å². The first kappa shape index (κ1) is 16.4. The van der Waals surface area contributed by atoms with E-state index in [1.807, 2.05) is 26.8 Å². The molecule has 22 heavy (non-hydrogen) atoms. The Morgan fingerprint density at radius 3 is 2.36 bits per heavy atom. The molecule has 0 spiro atoms. The van der Waals surface area contributed by atoms with Crippen molar-refractivity contribution in [2.75, 3.05) is 0 Å². The zero-order valence-corrected chi connectivity index (χ0v) is 13.6. The van der Waals surface area contributed by atoms with Crippen molar-refractivity contribution in [3.8, 4) is 0 Å². The van der Waals surface area contributed by atoms with Gasteiger partial charge in [-0.05, 0) is 56.5 Å². The number of rotatable bonds is 4. The molecule has 0 bridgehead atoms. The smallest absolute Gasteiger partial charge is 0.256 e. The molecule has 1 aromatic heterocycles. The summed E-state index contributed by atoms with van der Waals surface area (Å²) in [5, 5.41) is 0. The van der Waals surface area contributed by atoms with Gasteiger partial charge in [-0.1, -0.05) is 19.1 Å². The van der Waals surface area contributed by atoms with Gasteiger partial charge in [-0.15, -0.1) is 0 Å². The van der Waals surface area contributed by atoms with Crippen molar-refractivity contribution in [2.45, 2.75) is 46.2 Å². The Morgan fingerprint density at radius 1 is 1.23 bits per heavy atom. The molecule has 3 nitrogen and oxygen atoms in total. The number of hydrogen-bond donors (Lipinski definition) is 1. The minimum atomic E-state index is -0.552. The van der Waals surface area contributed by atoms with E-state index in [-0.39, 0.29) is 17.4 Å². The van der Waals surface area contributed by atoms with Gasteiger partial charge < -0.3 is 10.3 Å². The van der Waals surface area contributed by atoms with Crippen LogP contribution in [-0.2, 0) is 0 Å². The molecular formula is C18H23FN2O. The number of aryl methyl sites for hydroxylation is 2. The fraction of sp³-hybridized carbons (Fsp3) is 0.389. The highest BCUT2D eigenvalue weighted by molar-refractivity contribution is 5.36. The predicted molar refractivity (Wildman–Crippen MR) is 87.6 cm³/mol. The van der Waals surface area contributed by atoms with Crippen LogP contribution in [0.25, 0.3) is 0 Å². The molecule has 1 aromatic carbocycles. The zero-order chi connectivity index (χ0) is 16.4. The van der Waals surface area contributed by atoms with Crippen molar-refractivity contribution in [2.24, 2.45) is 5.73 Å². The molecule has 0 aliphatic heterocycles. The summed E-state index contributed by atoms with van der Waals surface area (Å²) >= 11 is 0. The van der Waals surface area contributed by atoms with E-state index in [1.165, 1.54) is 12.1 Å². The van der Waals surface area contributed by atoms with Crippen LogP contribution in [-0.4, -0.2) is 4.57 Å². The molecule has 0 saturated carbocycles. The number of pyridine rings is 1. The Kier molecular flexibility index (Phi) is 4.81. The summed E-state index contributed by atoms with van der Waals surface area (Å²) in [5.41, 5.74) is 9.37. The SMILES string of the molecule is CCC(C)n1c(C)cc(C)c(C(N)c2ccc(F)cc2)c1=O. The fourth-order valence-corrected chi connectivity index (χ4v) is 2.86. The Hall–Kier alpha value is -1.94. The van der Waals surface area contributed by atoms with Crippen molar-refractivity contribution in [3.05, 3.63) is 68.9 Å². The highest BCUT2D eigenvalue weighted by Crippen LogP contribution is 2.22. The minimum Gasteiger partial charge on any atom is -0.320 e. The molecule has 0 radical (unpaired) electrons. The van der Waals surface area contributed by atoms with Gasteiger partial charge in [0.1, 0.15) is 5.82 Å². The highest BCUT2D eigenvalue weighted by atomic mass is 19.1. The summed E-state index contributed by atoms with van der Waals surface area (Å²) in [4.78, 5) is 12.9. The van der Waals surface area contributed by atoms with Crippen molar-refractivity contribution in [1.82, 2.24) is 4.57 Å². The first-order valence-electron chi connectivity index (χ1n) is 7.60. The number of hydrogen-bond acceptors (Lipinski definition) is 2. The lowest BCUT2D eigenvalue weighted by molar-refractivity contribution is 0.496. The molecule has 1 heterocycles. The van der Waals surface area contributed by atoms with E-state index in [4.69, 9.17) is 5.73 Å². The number of benzene rings is 1. The molecule has 0 amide bonds. The van der Waals surface area contributed by atoms with Crippen LogP contribution in [0.2, 0.25) is 0 Å². The Bertz CT molecular complexity index is 719. The summed E-state index contributed by atoms with van der Waals surface area (Å²) in [6.45, 7) is 7.91. The van der Waals surface area contributed by atoms with Crippen LogP contribution in [0, 0.1) is 19.7 Å². The average Bonchev–Trinajstić information content (AvgIpc) is 2.46. The quantitative estimate of drug-likeness (QED) is 0.937. The predicted octanol–water partition coefficient (Wildman–Crippen LogP) is 3.62. The van der Waals surface area contributed by atoms with Gasteiger partial charge in [0.15, 0.2) is 0 Å². The fourth-order valence-electron chi connectivity index (χ4n) is 2.86. The summed E-state index contributed by atoms with van der Waals surface area (Å²) in [6, 6.07) is 7.55. The maximum Gasteiger partial charge on any atom is 0.256 e. The zero-order valence-electron chi connectivity index (χ0n) is 13.6. The van der Waals surface area contributed by atoms with E-state index < -0.39 is 6.04 Å². The molecule has 4 heteroatoms. The van der Waals surface area contributed by atoms with E-state index in [0.29, 0.717) is 5.56 Å². The van der Waals surface area contributed by atoms with Crippen molar-refractivity contribution < 1.29 is 4.39 Å². The molecular weight excluding hydrogens is 279 g/mol. The summed E-state index contributed by atoms with van der Waals surface area (Å²) in [6.07, 6.45) is 0.870. The molecule has 2 unspecified atom stereocenters. The standard InChI is InChI=1S/C18H23FN2O/c1-5-12(3)21-13(4)10-11(2)16(18(21)22)17(20)14-6-8-15(19)9-7-14/h6-10,12,17H,5,20H2,1-4H3. The number of aromatic nitrogens is 1. The Morgan fingerprint density at radius 2 is 1.82 bits per heavy atom. The maximum absolute atomic E-state index is 13.1. The number of nitrogens with zero attached hydrogens (tertiary/aromatic N) is 1. The second kappa shape index (κ2) is 6.44. The van der Waals surface area contributed by atoms with Gasteiger partial charge in [0.2, 0.25) is 0 Å². The average molecular weight is 302 g/mol. The number of nitrogens with two attached hydrogens (primary N) is 1. The summed E-state index contributed by atoms with van der Waals surface area (Å²) in [7, 11) is 0. The largest absolute Gasteiger partial charge is 0.320 e. The molecule has 2 aromatic rings. The molecule has 0 fully saturated rings. The molecule has 2 N–H and O–H groups in total. The molecule has 0 aliphatic carbocycles. The molecule has 118 valence electrons. The van der Waals surface area contributed by atoms with E-state index in [9.17, 15) is 9.18 Å². The topological polar surface area (TPSA) is 48.0 Å². The molecule has 2 atom stereocenters. The van der Waals surface area contributed by atoms with Crippen molar-refractivity contribution in [3.63, 3.8) is 0 Å². The molecule has 0 aliphatic rings. The van der Waals surface area contributed by atoms with Gasteiger partial charge in [-0.2, -0.15) is 0 Å². The third-order valence-corrected chi connectivity index (χ3v) is 4.25. The first-order valence-corrected chi connectivity index (χ1v) is 7.60. The van der Waals surface area contributed by atoms with Crippen LogP contribution < -0.4 is 11.3 Å². The van der Waals surface area contributed by atoms with Gasteiger partial charge in [0.05, 0.1) is 6.04 Å². The normalized spacial score (nSPS) is 13.9. The van der Waals surface area contributed by atoms with Crippen LogP contribution in [0.15, 0.2) is 35.1 Å². The molecule has 2 rings (SSSR count). The highest BCUT2D eigenvalue weighted by Gasteiger charge is 2.20. The van der Waals surface area contributed by atoms with E-state index in [1.54, 1.807) is 16.7 Å². The van der Waals surface area contributed by atoms with Gasteiger partial charge in [0, 0.05) is 17.3 Å². The molecule has 0 saturated heterocycles. The van der Waals surface area contributed by atoms with Gasteiger partial charge in [-0.25, -0.2) is 4.39 Å². The van der Waals surface area contributed by atoms with E-state index >= 15 is 0 Å². The van der Waals surface area contributed by atoms with E-state index in [2.05, 4.69) is 6.92 Å². The summed E-state index contributed by atoms with van der Waals surface area (Å²) in [5.74, 6) is -0.311. The number of halogens is 1. The first-order chi connectivity index (χ1) is 10.4. The van der Waals surface area contributed by atoms with Crippen molar-refractivity contribution >= 4 is 0 Å². The lowest BCUT2D eigenvalue weighted by Crippen LogP contribution is -2.33. The van der Waals surface area contributed by atoms with E-state index in [0.717, 1.165) is 23.2 Å². The third kappa shape index (κ3) is 2.97. The lowest BCUT2D eigenvalue weighted by Gasteiger charge is -2.22. The second-order valence-electron chi connectivity index (χ2n) is 5.84. The Labute approximate surface area is 130 Å². The van der Waals surface area contributed by atoms with Crippen LogP contribution in [0.4, 0.5) is 4.39 Å². The van der Waals surface area contributed by atoms with Crippen LogP contribution in [0.5, 0.6) is 0 Å². The van der Waals surface area contributed by atoms with Crippen LogP contribution in [0.3, 0.4) is 0 Å². The monoisotopic (exact) mass is 302 g/mol. The van der Waals surface area contributed by atoms with Gasteiger partial charge in [0.25, 0.3) is 5.56 Å². The minimum absolute atomic E-state index is 0.0522. The Balaban J connectivity index is 2.59. The maximum atomic E-state index is 13.1. The second-order valence-corrected chi connectivity index (χ2v) is 5.84. The van der Waals surface area contributed by atoms with Crippen LogP contribution in [0.1, 0.15) is 54.7 Å². The van der Waals surface area contributed by atoms with Crippen LogP contribution >= 0.6 is 0 Å². The van der Waals surface area contributed by atoms with Crippen molar-refractivity contribution in [1.29, 1.82) is 0 Å². The lowest BCUT2D eigenvalue weighted by atomic mass is 9.96.